The molecule has 0 bridgehead atoms. The number of nitrogens with one attached hydrogen (secondary N) is 2. The van der Waals surface area contributed by atoms with Crippen molar-refractivity contribution in [2.45, 2.75) is 6.42 Å². The van der Waals surface area contributed by atoms with Gasteiger partial charge >= 0.3 is 0 Å². The number of para-hydroxylation sites is 1. The topological polar surface area (TPSA) is 93.2 Å². The lowest BCUT2D eigenvalue weighted by atomic mass is 10.1. The number of nitrogens with two attached hydrogens (primary N) is 1. The first-order valence-corrected chi connectivity index (χ1v) is 8.07. The average molecular weight is 340 g/mol. The van der Waals surface area contributed by atoms with Gasteiger partial charge in [0.05, 0.1) is 24.7 Å². The number of phenolic OH excluding ortho intramolecular Hbond substituents is 1. The molecule has 8 heteroatoms. The van der Waals surface area contributed by atoms with Gasteiger partial charge in [-0.05, 0) is 30.2 Å². The lowest BCUT2D eigenvalue weighted by Gasteiger charge is -2.36. The van der Waals surface area contributed by atoms with Crippen molar-refractivity contribution in [1.82, 2.24) is 21.1 Å². The Morgan fingerprint density at radius 3 is 2.92 bits per heavy atom. The fourth-order valence-electron chi connectivity index (χ4n) is 2.88. The quantitative estimate of drug-likeness (QED) is 0.603. The van der Waals surface area contributed by atoms with Crippen molar-refractivity contribution in [2.24, 2.45) is 5.84 Å². The number of aromatic hydroxyl groups is 1. The van der Waals surface area contributed by atoms with E-state index in [1.54, 1.807) is 17.4 Å². The predicted molar refractivity (Wildman–Crippen MR) is 93.0 cm³/mol. The zero-order valence-electron chi connectivity index (χ0n) is 13.6. The van der Waals surface area contributed by atoms with Crippen molar-refractivity contribution >= 4 is 5.88 Å². The van der Waals surface area contributed by atoms with Gasteiger partial charge in [-0.25, -0.2) is 11.0 Å². The predicted octanol–water partition coefficient (Wildman–Crippen LogP) is 1.19. The number of rotatable bonds is 5. The van der Waals surface area contributed by atoms with E-state index in [4.69, 9.17) is 10.3 Å². The highest BCUT2D eigenvalue weighted by atomic mass is 16.4. The molecule has 4 rings (SSSR count). The van der Waals surface area contributed by atoms with E-state index in [0.717, 1.165) is 17.0 Å². The van der Waals surface area contributed by atoms with Gasteiger partial charge < -0.3 is 14.8 Å². The van der Waals surface area contributed by atoms with Crippen molar-refractivity contribution in [3.05, 3.63) is 71.9 Å². The molecule has 5 N–H and O–H groups in total. The minimum absolute atomic E-state index is 0.319. The second-order valence-corrected chi connectivity index (χ2v) is 5.79. The highest BCUT2D eigenvalue weighted by molar-refractivity contribution is 5.40. The van der Waals surface area contributed by atoms with Crippen LogP contribution in [-0.4, -0.2) is 28.4 Å². The van der Waals surface area contributed by atoms with Crippen LogP contribution < -0.4 is 21.7 Å². The number of furan rings is 1. The summed E-state index contributed by atoms with van der Waals surface area (Å²) in [5.74, 6) is 7.08. The van der Waals surface area contributed by atoms with E-state index >= 15 is 0 Å². The van der Waals surface area contributed by atoms with Crippen molar-refractivity contribution in [1.29, 1.82) is 0 Å². The smallest absolute Gasteiger partial charge is 0.211 e. The molecule has 1 aromatic carbocycles. The van der Waals surface area contributed by atoms with E-state index in [2.05, 4.69) is 16.9 Å². The van der Waals surface area contributed by atoms with Crippen LogP contribution in [0.5, 0.6) is 5.75 Å². The molecule has 3 heterocycles. The van der Waals surface area contributed by atoms with Gasteiger partial charge in [-0.15, -0.1) is 5.53 Å². The molecular weight excluding hydrogens is 320 g/mol. The van der Waals surface area contributed by atoms with Crippen LogP contribution in [0.4, 0.5) is 5.88 Å². The molecule has 8 nitrogen and oxygen atoms in total. The first kappa shape index (κ1) is 15.4. The molecule has 1 aromatic heterocycles. The Morgan fingerprint density at radius 1 is 1.24 bits per heavy atom. The van der Waals surface area contributed by atoms with Crippen molar-refractivity contribution in [2.75, 3.05) is 18.1 Å². The summed E-state index contributed by atoms with van der Waals surface area (Å²) >= 11 is 0. The second-order valence-electron chi connectivity index (χ2n) is 5.79. The van der Waals surface area contributed by atoms with Gasteiger partial charge in [-0.2, -0.15) is 5.12 Å². The van der Waals surface area contributed by atoms with E-state index < -0.39 is 0 Å². The van der Waals surface area contributed by atoms with E-state index in [1.165, 1.54) is 5.12 Å². The normalized spacial score (nSPS) is 16.6. The minimum atomic E-state index is 0.319. The van der Waals surface area contributed by atoms with Crippen LogP contribution >= 0.6 is 0 Å². The summed E-state index contributed by atoms with van der Waals surface area (Å²) in [5.41, 5.74) is 5.97. The van der Waals surface area contributed by atoms with Crippen molar-refractivity contribution < 1.29 is 9.52 Å². The van der Waals surface area contributed by atoms with Gasteiger partial charge in [0.1, 0.15) is 11.4 Å². The molecule has 0 radical (unpaired) electrons. The molecule has 0 atom stereocenters. The molecule has 2 aromatic rings. The number of phenols is 1. The molecule has 0 aliphatic carbocycles. The zero-order valence-corrected chi connectivity index (χ0v) is 13.6. The Bertz CT molecular complexity index is 801. The maximum atomic E-state index is 9.84. The molecule has 0 amide bonds. The van der Waals surface area contributed by atoms with E-state index in [-0.39, 0.29) is 0 Å². The van der Waals surface area contributed by atoms with Crippen molar-refractivity contribution in [3.8, 4) is 5.75 Å². The third kappa shape index (κ3) is 3.00. The fourth-order valence-corrected chi connectivity index (χ4v) is 2.88. The summed E-state index contributed by atoms with van der Waals surface area (Å²) in [7, 11) is 0. The summed E-state index contributed by atoms with van der Waals surface area (Å²) in [6.45, 7) is 1.33. The summed E-state index contributed by atoms with van der Waals surface area (Å²) in [4.78, 5) is 0. The third-order valence-corrected chi connectivity index (χ3v) is 4.15. The number of hydrogen-bond donors (Lipinski definition) is 4. The maximum absolute atomic E-state index is 9.84. The Hall–Kier alpha value is -3.10. The van der Waals surface area contributed by atoms with Gasteiger partial charge in [-0.1, -0.05) is 18.2 Å². The number of hydrazine groups is 4. The van der Waals surface area contributed by atoms with E-state index in [0.29, 0.717) is 31.1 Å². The lowest BCUT2D eigenvalue weighted by Crippen LogP contribution is -2.58. The van der Waals surface area contributed by atoms with Crippen LogP contribution in [0.2, 0.25) is 0 Å². The lowest BCUT2D eigenvalue weighted by molar-refractivity contribution is 0.0130. The molecule has 0 saturated carbocycles. The Kier molecular flexibility index (Phi) is 3.96. The van der Waals surface area contributed by atoms with E-state index in [9.17, 15) is 5.11 Å². The van der Waals surface area contributed by atoms with E-state index in [1.807, 2.05) is 41.5 Å². The summed E-state index contributed by atoms with van der Waals surface area (Å²) in [5, 5.41) is 18.3. The Labute approximate surface area is 145 Å². The summed E-state index contributed by atoms with van der Waals surface area (Å²) < 4.78 is 5.40. The van der Waals surface area contributed by atoms with Gasteiger partial charge in [0, 0.05) is 12.6 Å². The Balaban J connectivity index is 1.40. The number of hydrogen-bond acceptors (Lipinski definition) is 8. The van der Waals surface area contributed by atoms with Crippen molar-refractivity contribution in [3.63, 3.8) is 0 Å². The molecule has 0 spiro atoms. The number of nitrogens with zero attached hydrogens (tertiary/aromatic N) is 3. The number of anilines is 1. The van der Waals surface area contributed by atoms with Crippen LogP contribution in [0.25, 0.3) is 0 Å². The van der Waals surface area contributed by atoms with Gasteiger partial charge in [0.2, 0.25) is 5.88 Å². The molecular formula is C17H20N6O2. The fraction of sp³-hybridized carbons (Fsp3) is 0.176. The maximum Gasteiger partial charge on any atom is 0.211 e. The highest BCUT2D eigenvalue weighted by Gasteiger charge is 2.30. The van der Waals surface area contributed by atoms with Crippen LogP contribution in [0, 0.1) is 0 Å². The molecule has 0 fully saturated rings. The van der Waals surface area contributed by atoms with Crippen LogP contribution in [0.3, 0.4) is 0 Å². The third-order valence-electron chi connectivity index (χ3n) is 4.15. The highest BCUT2D eigenvalue weighted by Crippen LogP contribution is 2.25. The molecule has 0 saturated heterocycles. The Morgan fingerprint density at radius 2 is 2.12 bits per heavy atom. The number of fused-ring (bicyclic) bond motifs is 1. The minimum Gasteiger partial charge on any atom is -0.508 e. The largest absolute Gasteiger partial charge is 0.508 e. The van der Waals surface area contributed by atoms with Gasteiger partial charge in [0.15, 0.2) is 0 Å². The second kappa shape index (κ2) is 6.42. The monoisotopic (exact) mass is 340 g/mol. The molecule has 130 valence electrons. The summed E-state index contributed by atoms with van der Waals surface area (Å²) in [6, 6.07) is 11.1. The van der Waals surface area contributed by atoms with Crippen LogP contribution in [0.1, 0.15) is 5.56 Å². The molecule has 2 aliphatic rings. The SMILES string of the molecule is NN1C=C(NCCc2ccccc2O)C2=CCN(c3ccco3)NN21. The molecule has 2 aliphatic heterocycles. The van der Waals surface area contributed by atoms with Gasteiger partial charge in [0.25, 0.3) is 0 Å². The number of benzene rings is 1. The molecule has 25 heavy (non-hydrogen) atoms. The van der Waals surface area contributed by atoms with Crippen LogP contribution in [0.15, 0.2) is 70.7 Å². The first-order valence-electron chi connectivity index (χ1n) is 8.07. The van der Waals surface area contributed by atoms with Gasteiger partial charge in [-0.3, -0.25) is 5.01 Å². The first-order chi connectivity index (χ1) is 12.2. The van der Waals surface area contributed by atoms with Crippen LogP contribution in [-0.2, 0) is 6.42 Å². The average Bonchev–Trinajstić information content (AvgIpc) is 3.26. The zero-order chi connectivity index (χ0) is 17.2. The summed E-state index contributed by atoms with van der Waals surface area (Å²) in [6.07, 6.45) is 6.22. The standard InChI is InChI=1S/C17H20N6O2/c18-22-12-14(19-9-7-13-4-1-2-5-16(13)24)15-8-10-21(20-23(15)22)17-6-3-11-25-17/h1-6,8,11-12,19-20,24H,7,9-10,18H2. The molecule has 0 unspecified atom stereocenters.